The van der Waals surface area contributed by atoms with Crippen LogP contribution in [-0.4, -0.2) is 22.3 Å². The van der Waals surface area contributed by atoms with Gasteiger partial charge in [0.25, 0.3) is 0 Å². The maximum absolute atomic E-state index is 13.8. The fourth-order valence-corrected chi connectivity index (χ4v) is 2.52. The number of halogens is 1. The van der Waals surface area contributed by atoms with Gasteiger partial charge in [-0.15, -0.1) is 0 Å². The summed E-state index contributed by atoms with van der Waals surface area (Å²) in [5.41, 5.74) is 1.20. The Kier molecular flexibility index (Phi) is 5.18. The molecule has 1 heterocycles. The van der Waals surface area contributed by atoms with Crippen LogP contribution < -0.4 is 9.47 Å². The van der Waals surface area contributed by atoms with Crippen LogP contribution in [0, 0.1) is 24.1 Å². The molecule has 0 N–H and O–H groups in total. The molecule has 5 nitrogen and oxygen atoms in total. The van der Waals surface area contributed by atoms with Gasteiger partial charge in [-0.2, -0.15) is 5.26 Å². The summed E-state index contributed by atoms with van der Waals surface area (Å²) in [4.78, 5) is 4.21. The second-order valence-electron chi connectivity index (χ2n) is 5.84. The fourth-order valence-electron chi connectivity index (χ4n) is 2.52. The summed E-state index contributed by atoms with van der Waals surface area (Å²) < 4.78 is 27.1. The first kappa shape index (κ1) is 17.5. The van der Waals surface area contributed by atoms with Crippen molar-refractivity contribution in [1.29, 1.82) is 5.26 Å². The van der Waals surface area contributed by atoms with Crippen LogP contribution in [0.3, 0.4) is 0 Å². The molecule has 0 aliphatic rings. The van der Waals surface area contributed by atoms with Crippen molar-refractivity contribution in [3.8, 4) is 23.3 Å². The molecular weight excluding hydrogens is 333 g/mol. The molecule has 0 unspecified atom stereocenters. The van der Waals surface area contributed by atoms with E-state index in [0.29, 0.717) is 5.75 Å². The Labute approximate surface area is 151 Å². The van der Waals surface area contributed by atoms with Gasteiger partial charge in [-0.25, -0.2) is 9.37 Å². The zero-order valence-corrected chi connectivity index (χ0v) is 14.5. The molecule has 0 aliphatic carbocycles. The Balaban J connectivity index is 1.63. The molecule has 6 heteroatoms. The van der Waals surface area contributed by atoms with E-state index < -0.39 is 5.82 Å². The third-order valence-corrected chi connectivity index (χ3v) is 3.79. The van der Waals surface area contributed by atoms with Crippen molar-refractivity contribution in [2.24, 2.45) is 0 Å². The molecular formula is C20H18FN3O2. The number of aryl methyl sites for hydroxylation is 1. The maximum Gasteiger partial charge on any atom is 0.166 e. The lowest BCUT2D eigenvalue weighted by Crippen LogP contribution is -2.21. The van der Waals surface area contributed by atoms with Crippen molar-refractivity contribution in [1.82, 2.24) is 9.55 Å². The minimum atomic E-state index is -0.561. The standard InChI is InChI=1S/C20H18FN3O2/c1-14(13-25-20-7-6-16(12-22)10-19(20)21)26-18-5-3-4-17(11-18)24-9-8-23-15(24)2/h3-11,14H,13H2,1-2H3/t14-/m0/s1. The Morgan fingerprint density at radius 3 is 2.81 bits per heavy atom. The number of imidazole rings is 1. The van der Waals surface area contributed by atoms with Crippen LogP contribution in [0.4, 0.5) is 4.39 Å². The molecule has 0 saturated carbocycles. The molecule has 3 aromatic rings. The van der Waals surface area contributed by atoms with Gasteiger partial charge in [0, 0.05) is 18.5 Å². The van der Waals surface area contributed by atoms with Crippen molar-refractivity contribution < 1.29 is 13.9 Å². The second-order valence-corrected chi connectivity index (χ2v) is 5.84. The van der Waals surface area contributed by atoms with Crippen molar-refractivity contribution in [2.45, 2.75) is 20.0 Å². The summed E-state index contributed by atoms with van der Waals surface area (Å²) in [5.74, 6) is 1.11. The van der Waals surface area contributed by atoms with Gasteiger partial charge in [0.1, 0.15) is 24.3 Å². The van der Waals surface area contributed by atoms with Gasteiger partial charge in [0.2, 0.25) is 0 Å². The molecule has 26 heavy (non-hydrogen) atoms. The van der Waals surface area contributed by atoms with Gasteiger partial charge in [0.05, 0.1) is 17.3 Å². The first-order valence-corrected chi connectivity index (χ1v) is 8.16. The molecule has 1 aromatic heterocycles. The van der Waals surface area contributed by atoms with E-state index in [1.165, 1.54) is 12.1 Å². The Bertz CT molecular complexity index is 946. The molecule has 132 valence electrons. The number of benzene rings is 2. The van der Waals surface area contributed by atoms with Gasteiger partial charge in [-0.1, -0.05) is 6.07 Å². The first-order chi connectivity index (χ1) is 12.6. The zero-order chi connectivity index (χ0) is 18.5. The van der Waals surface area contributed by atoms with Gasteiger partial charge in [-0.05, 0) is 44.2 Å². The number of ether oxygens (including phenoxy) is 2. The third-order valence-electron chi connectivity index (χ3n) is 3.79. The highest BCUT2D eigenvalue weighted by Gasteiger charge is 2.10. The minimum absolute atomic E-state index is 0.0993. The first-order valence-electron chi connectivity index (χ1n) is 8.16. The van der Waals surface area contributed by atoms with Crippen molar-refractivity contribution >= 4 is 0 Å². The molecule has 0 aliphatic heterocycles. The maximum atomic E-state index is 13.8. The average molecular weight is 351 g/mol. The molecule has 0 spiro atoms. The van der Waals surface area contributed by atoms with Gasteiger partial charge < -0.3 is 14.0 Å². The van der Waals surface area contributed by atoms with Crippen LogP contribution in [0.25, 0.3) is 5.69 Å². The average Bonchev–Trinajstić information content (AvgIpc) is 3.07. The third kappa shape index (κ3) is 4.01. The molecule has 3 rings (SSSR count). The quantitative estimate of drug-likeness (QED) is 0.672. The Morgan fingerprint density at radius 2 is 2.12 bits per heavy atom. The normalized spacial score (nSPS) is 11.6. The van der Waals surface area contributed by atoms with Crippen LogP contribution in [0.15, 0.2) is 54.9 Å². The lowest BCUT2D eigenvalue weighted by atomic mass is 10.2. The summed E-state index contributed by atoms with van der Waals surface area (Å²) in [7, 11) is 0. The van der Waals surface area contributed by atoms with Crippen molar-refractivity contribution in [3.05, 3.63) is 72.1 Å². The fraction of sp³-hybridized carbons (Fsp3) is 0.200. The highest BCUT2D eigenvalue weighted by Crippen LogP contribution is 2.21. The molecule has 0 radical (unpaired) electrons. The lowest BCUT2D eigenvalue weighted by Gasteiger charge is -2.17. The second kappa shape index (κ2) is 7.70. The van der Waals surface area contributed by atoms with E-state index >= 15 is 0 Å². The molecule has 2 aromatic carbocycles. The Hall–Kier alpha value is -3.33. The van der Waals surface area contributed by atoms with Gasteiger partial charge in [0.15, 0.2) is 11.6 Å². The van der Waals surface area contributed by atoms with Crippen LogP contribution in [0.5, 0.6) is 11.5 Å². The number of rotatable bonds is 6. The van der Waals surface area contributed by atoms with E-state index in [-0.39, 0.29) is 24.0 Å². The van der Waals surface area contributed by atoms with Gasteiger partial charge >= 0.3 is 0 Å². The summed E-state index contributed by atoms with van der Waals surface area (Å²) >= 11 is 0. The predicted octanol–water partition coefficient (Wildman–Crippen LogP) is 4.04. The predicted molar refractivity (Wildman–Crippen MR) is 95.0 cm³/mol. The Morgan fingerprint density at radius 1 is 1.27 bits per heavy atom. The van der Waals surface area contributed by atoms with E-state index in [1.54, 1.807) is 6.20 Å². The highest BCUT2D eigenvalue weighted by molar-refractivity contribution is 5.40. The van der Waals surface area contributed by atoms with E-state index in [4.69, 9.17) is 14.7 Å². The minimum Gasteiger partial charge on any atom is -0.487 e. The number of nitriles is 1. The molecule has 1 atom stereocenters. The number of aromatic nitrogens is 2. The van der Waals surface area contributed by atoms with Gasteiger partial charge in [-0.3, -0.25) is 0 Å². The van der Waals surface area contributed by atoms with E-state index in [0.717, 1.165) is 17.6 Å². The van der Waals surface area contributed by atoms with Crippen LogP contribution >= 0.6 is 0 Å². The summed E-state index contributed by atoms with van der Waals surface area (Å²) in [5, 5.41) is 8.76. The van der Waals surface area contributed by atoms with Crippen LogP contribution in [0.1, 0.15) is 18.3 Å². The molecule has 0 saturated heterocycles. The van der Waals surface area contributed by atoms with Crippen LogP contribution in [-0.2, 0) is 0 Å². The molecule has 0 bridgehead atoms. The SMILES string of the molecule is Cc1nccn1-c1cccc(O[C@@H](C)COc2ccc(C#N)cc2F)c1. The smallest absolute Gasteiger partial charge is 0.166 e. The zero-order valence-electron chi connectivity index (χ0n) is 14.5. The number of hydrogen-bond donors (Lipinski definition) is 0. The topological polar surface area (TPSA) is 60.1 Å². The summed E-state index contributed by atoms with van der Waals surface area (Å²) in [6.45, 7) is 3.95. The molecule has 0 fully saturated rings. The largest absolute Gasteiger partial charge is 0.487 e. The molecule has 0 amide bonds. The van der Waals surface area contributed by atoms with Crippen molar-refractivity contribution in [2.75, 3.05) is 6.61 Å². The lowest BCUT2D eigenvalue weighted by molar-refractivity contribution is 0.140. The van der Waals surface area contributed by atoms with E-state index in [2.05, 4.69) is 4.98 Å². The van der Waals surface area contributed by atoms with Crippen molar-refractivity contribution in [3.63, 3.8) is 0 Å². The van der Waals surface area contributed by atoms with Crippen LogP contribution in [0.2, 0.25) is 0 Å². The summed E-state index contributed by atoms with van der Waals surface area (Å²) in [6.07, 6.45) is 3.34. The number of nitrogens with zero attached hydrogens (tertiary/aromatic N) is 3. The highest BCUT2D eigenvalue weighted by atomic mass is 19.1. The summed E-state index contributed by atoms with van der Waals surface area (Å²) in [6, 6.07) is 13.6. The monoisotopic (exact) mass is 351 g/mol. The number of hydrogen-bond acceptors (Lipinski definition) is 4. The van der Waals surface area contributed by atoms with E-state index in [9.17, 15) is 4.39 Å². The van der Waals surface area contributed by atoms with E-state index in [1.807, 2.05) is 54.9 Å².